The van der Waals surface area contributed by atoms with E-state index in [1.807, 2.05) is 48.5 Å². The molecule has 2 amide bonds. The molecule has 2 unspecified atom stereocenters. The first-order valence-corrected chi connectivity index (χ1v) is 11.2. The van der Waals surface area contributed by atoms with E-state index in [9.17, 15) is 18.8 Å². The van der Waals surface area contributed by atoms with Gasteiger partial charge in [0.05, 0.1) is 17.2 Å². The number of hydrogen-bond donors (Lipinski definition) is 3. The summed E-state index contributed by atoms with van der Waals surface area (Å²) in [4.78, 5) is 36.5. The number of hydrogen-bond acceptors (Lipinski definition) is 4. The predicted octanol–water partition coefficient (Wildman–Crippen LogP) is 5.03. The van der Waals surface area contributed by atoms with Crippen molar-refractivity contribution in [1.29, 1.82) is 0 Å². The van der Waals surface area contributed by atoms with Crippen LogP contribution in [0.1, 0.15) is 41.3 Å². The molecular weight excluding hydrogens is 451 g/mol. The van der Waals surface area contributed by atoms with Gasteiger partial charge < -0.3 is 15.2 Å². The van der Waals surface area contributed by atoms with Crippen LogP contribution < -0.4 is 10.6 Å². The van der Waals surface area contributed by atoms with E-state index < -0.39 is 35.7 Å². The average molecular weight is 477 g/mol. The molecule has 0 aromatic heterocycles. The molecule has 0 radical (unpaired) electrons. The molecule has 0 bridgehead atoms. The maximum atomic E-state index is 13.9. The average Bonchev–Trinajstić information content (AvgIpc) is 3.17. The highest BCUT2D eigenvalue weighted by Gasteiger charge is 2.29. The minimum absolute atomic E-state index is 0.0521. The fourth-order valence-electron chi connectivity index (χ4n) is 4.18. The summed E-state index contributed by atoms with van der Waals surface area (Å²) >= 11 is 0. The molecule has 3 N–H and O–H groups in total. The summed E-state index contributed by atoms with van der Waals surface area (Å²) in [6.45, 7) is 3.07. The molecule has 3 aromatic rings. The molecule has 2 atom stereocenters. The van der Waals surface area contributed by atoms with E-state index in [1.165, 1.54) is 19.9 Å². The van der Waals surface area contributed by atoms with E-state index in [0.29, 0.717) is 0 Å². The molecule has 3 aromatic carbocycles. The highest BCUT2D eigenvalue weighted by Crippen LogP contribution is 2.44. The van der Waals surface area contributed by atoms with Crippen LogP contribution in [-0.4, -0.2) is 35.7 Å². The first-order valence-electron chi connectivity index (χ1n) is 11.2. The van der Waals surface area contributed by atoms with Crippen molar-refractivity contribution in [3.05, 3.63) is 89.2 Å². The van der Waals surface area contributed by atoms with Gasteiger partial charge in [-0.1, -0.05) is 48.5 Å². The summed E-state index contributed by atoms with van der Waals surface area (Å²) in [5, 5.41) is 14.2. The van der Waals surface area contributed by atoms with Gasteiger partial charge in [0.25, 0.3) is 5.91 Å². The zero-order valence-electron chi connectivity index (χ0n) is 19.2. The van der Waals surface area contributed by atoms with Gasteiger partial charge in [-0.2, -0.15) is 0 Å². The Balaban J connectivity index is 1.47. The Labute approximate surface area is 201 Å². The van der Waals surface area contributed by atoms with Crippen LogP contribution in [0.3, 0.4) is 0 Å². The Kier molecular flexibility index (Phi) is 6.82. The number of carboxylic acid groups (broad SMARTS) is 1. The van der Waals surface area contributed by atoms with Crippen molar-refractivity contribution >= 4 is 23.7 Å². The van der Waals surface area contributed by atoms with Crippen LogP contribution in [-0.2, 0) is 9.53 Å². The number of ether oxygens (including phenoxy) is 1. The lowest BCUT2D eigenvalue weighted by Gasteiger charge is -2.19. The smallest absolute Gasteiger partial charge is 0.411 e. The number of nitrogens with one attached hydrogen (secondary N) is 2. The largest absolute Gasteiger partial charge is 0.481 e. The quantitative estimate of drug-likeness (QED) is 0.444. The number of anilines is 1. The first kappa shape index (κ1) is 23.9. The third kappa shape index (κ3) is 5.01. The summed E-state index contributed by atoms with van der Waals surface area (Å²) < 4.78 is 19.4. The van der Waals surface area contributed by atoms with Crippen LogP contribution in [0.15, 0.2) is 66.7 Å². The Morgan fingerprint density at radius 1 is 0.971 bits per heavy atom. The molecule has 180 valence electrons. The van der Waals surface area contributed by atoms with Crippen molar-refractivity contribution in [3.8, 4) is 11.1 Å². The van der Waals surface area contributed by atoms with E-state index >= 15 is 0 Å². The number of rotatable bonds is 7. The van der Waals surface area contributed by atoms with E-state index in [-0.39, 0.29) is 23.8 Å². The fraction of sp³-hybridized carbons (Fsp3) is 0.222. The second kappa shape index (κ2) is 9.97. The zero-order chi connectivity index (χ0) is 25.1. The van der Waals surface area contributed by atoms with Crippen molar-refractivity contribution in [2.45, 2.75) is 25.8 Å². The highest BCUT2D eigenvalue weighted by molar-refractivity contribution is 6.03. The number of fused-ring (bicyclic) bond motifs is 3. The number of halogens is 1. The summed E-state index contributed by atoms with van der Waals surface area (Å²) in [6.07, 6.45) is -0.792. The van der Waals surface area contributed by atoms with Crippen molar-refractivity contribution in [3.63, 3.8) is 0 Å². The van der Waals surface area contributed by atoms with Crippen molar-refractivity contribution in [2.75, 3.05) is 11.9 Å². The molecule has 0 fully saturated rings. The lowest BCUT2D eigenvalue weighted by atomic mass is 9.98. The predicted molar refractivity (Wildman–Crippen MR) is 129 cm³/mol. The second-order valence-corrected chi connectivity index (χ2v) is 8.53. The summed E-state index contributed by atoms with van der Waals surface area (Å²) in [5.41, 5.74) is 4.23. The van der Waals surface area contributed by atoms with Gasteiger partial charge in [-0.3, -0.25) is 14.9 Å². The first-order chi connectivity index (χ1) is 16.8. The Hall–Kier alpha value is -4.20. The molecule has 1 aliphatic rings. The number of benzene rings is 3. The van der Waals surface area contributed by atoms with Gasteiger partial charge >= 0.3 is 12.1 Å². The summed E-state index contributed by atoms with van der Waals surface area (Å²) in [6, 6.07) is 18.5. The maximum Gasteiger partial charge on any atom is 0.411 e. The molecule has 0 spiro atoms. The van der Waals surface area contributed by atoms with E-state index in [2.05, 4.69) is 10.6 Å². The number of amides is 2. The number of carbonyl (C=O) groups excluding carboxylic acids is 2. The molecular formula is C27H25FN2O5. The Morgan fingerprint density at radius 2 is 1.57 bits per heavy atom. The number of carboxylic acids is 1. The van der Waals surface area contributed by atoms with Crippen LogP contribution in [0.5, 0.6) is 0 Å². The number of carbonyl (C=O) groups is 3. The van der Waals surface area contributed by atoms with Crippen molar-refractivity contribution in [1.82, 2.24) is 5.32 Å². The number of aliphatic carboxylic acids is 1. The van der Waals surface area contributed by atoms with E-state index in [4.69, 9.17) is 9.84 Å². The summed E-state index contributed by atoms with van der Waals surface area (Å²) in [7, 11) is 0. The van der Waals surface area contributed by atoms with Crippen LogP contribution in [0.2, 0.25) is 0 Å². The molecule has 8 heteroatoms. The van der Waals surface area contributed by atoms with Crippen molar-refractivity contribution in [2.24, 2.45) is 5.92 Å². The Morgan fingerprint density at radius 3 is 2.17 bits per heavy atom. The van der Waals surface area contributed by atoms with Gasteiger partial charge in [0.1, 0.15) is 12.4 Å². The second-order valence-electron chi connectivity index (χ2n) is 8.53. The molecule has 7 nitrogen and oxygen atoms in total. The van der Waals surface area contributed by atoms with Gasteiger partial charge in [0.2, 0.25) is 0 Å². The third-order valence-electron chi connectivity index (χ3n) is 6.30. The van der Waals surface area contributed by atoms with Gasteiger partial charge in [0.15, 0.2) is 0 Å². The molecule has 0 aliphatic heterocycles. The van der Waals surface area contributed by atoms with Crippen molar-refractivity contribution < 1.29 is 28.6 Å². The minimum Gasteiger partial charge on any atom is -0.481 e. The van der Waals surface area contributed by atoms with E-state index in [0.717, 1.165) is 34.4 Å². The summed E-state index contributed by atoms with van der Waals surface area (Å²) in [5.74, 6) is -3.45. The fourth-order valence-corrected chi connectivity index (χ4v) is 4.18. The SMILES string of the molecule is CC(NC(=O)c1cc(F)ccc1NC(=O)OCC1c2ccccc2-c2ccccc21)C(C)C(=O)O. The normalized spacial score (nSPS) is 13.8. The highest BCUT2D eigenvalue weighted by atomic mass is 19.1. The van der Waals surface area contributed by atoms with Gasteiger partial charge in [-0.15, -0.1) is 0 Å². The molecule has 1 aliphatic carbocycles. The zero-order valence-corrected chi connectivity index (χ0v) is 19.2. The molecule has 0 saturated heterocycles. The van der Waals surface area contributed by atoms with Gasteiger partial charge in [0, 0.05) is 12.0 Å². The lowest BCUT2D eigenvalue weighted by molar-refractivity contribution is -0.141. The van der Waals surface area contributed by atoms with Crippen LogP contribution in [0.25, 0.3) is 11.1 Å². The Bertz CT molecular complexity index is 1250. The molecule has 4 rings (SSSR count). The van der Waals surface area contributed by atoms with Crippen LogP contribution >= 0.6 is 0 Å². The maximum absolute atomic E-state index is 13.9. The molecule has 35 heavy (non-hydrogen) atoms. The van der Waals surface area contributed by atoms with E-state index in [1.54, 1.807) is 0 Å². The standard InChI is InChI=1S/C27H25FN2O5/c1-15(26(32)33)16(2)29-25(31)22-13-17(28)11-12-24(22)30-27(34)35-14-23-20-9-5-3-7-18(20)19-8-4-6-10-21(19)23/h3-13,15-16,23H,14H2,1-2H3,(H,29,31)(H,30,34)(H,32,33). The minimum atomic E-state index is -1.07. The third-order valence-corrected chi connectivity index (χ3v) is 6.30. The van der Waals surface area contributed by atoms with Crippen LogP contribution in [0, 0.1) is 11.7 Å². The van der Waals surface area contributed by atoms with Gasteiger partial charge in [-0.05, 0) is 54.3 Å². The topological polar surface area (TPSA) is 105 Å². The molecule has 0 saturated carbocycles. The monoisotopic (exact) mass is 476 g/mol. The lowest BCUT2D eigenvalue weighted by Crippen LogP contribution is -2.40. The van der Waals surface area contributed by atoms with Crippen LogP contribution in [0.4, 0.5) is 14.9 Å². The van der Waals surface area contributed by atoms with Gasteiger partial charge in [-0.25, -0.2) is 9.18 Å². The molecule has 0 heterocycles.